The molecule has 4 aromatic rings. The number of ketones is 1. The summed E-state index contributed by atoms with van der Waals surface area (Å²) in [6.07, 6.45) is 6.16. The van der Waals surface area contributed by atoms with Crippen LogP contribution in [0.2, 0.25) is 0 Å². The van der Waals surface area contributed by atoms with E-state index in [1.807, 2.05) is 13.0 Å². The van der Waals surface area contributed by atoms with Crippen molar-refractivity contribution in [2.75, 3.05) is 5.73 Å². The summed E-state index contributed by atoms with van der Waals surface area (Å²) >= 11 is 1.20. The number of pyridine rings is 1. The second kappa shape index (κ2) is 11.5. The van der Waals surface area contributed by atoms with Crippen LogP contribution < -0.4 is 32.6 Å². The number of amides is 2. The van der Waals surface area contributed by atoms with Crippen molar-refractivity contribution in [1.82, 2.24) is 15.6 Å². The number of aromatic nitrogens is 1. The van der Waals surface area contributed by atoms with Gasteiger partial charge in [-0.15, -0.1) is 11.3 Å². The lowest BCUT2D eigenvalue weighted by molar-refractivity contribution is -0.124. The van der Waals surface area contributed by atoms with Gasteiger partial charge in [-0.1, -0.05) is 37.6 Å². The van der Waals surface area contributed by atoms with E-state index in [0.717, 1.165) is 24.8 Å². The summed E-state index contributed by atoms with van der Waals surface area (Å²) in [4.78, 5) is 44.6. The van der Waals surface area contributed by atoms with Crippen LogP contribution in [0.5, 0.6) is 11.6 Å². The van der Waals surface area contributed by atoms with E-state index in [2.05, 4.69) is 22.2 Å². The summed E-state index contributed by atoms with van der Waals surface area (Å²) in [7, 11) is 0. The molecular weight excluding hydrogens is 576 g/mol. The molecule has 0 bridgehead atoms. The third kappa shape index (κ3) is 4.92. The van der Waals surface area contributed by atoms with Crippen LogP contribution in [0.1, 0.15) is 63.7 Å². The molecule has 11 heteroatoms. The van der Waals surface area contributed by atoms with Gasteiger partial charge in [0.25, 0.3) is 5.91 Å². The number of nitrogens with two attached hydrogens (primary N) is 3. The smallest absolute Gasteiger partial charge is 0.262 e. The molecule has 1 fully saturated rings. The van der Waals surface area contributed by atoms with Crippen molar-refractivity contribution in [2.24, 2.45) is 11.5 Å². The number of carbonyl (C=O) groups is 3. The summed E-state index contributed by atoms with van der Waals surface area (Å²) in [6, 6.07) is 12.5. The van der Waals surface area contributed by atoms with Crippen LogP contribution >= 0.6 is 11.3 Å². The number of nitrogen functional groups attached to an aromatic ring is 1. The van der Waals surface area contributed by atoms with Gasteiger partial charge in [-0.3, -0.25) is 14.4 Å². The molecule has 2 aliphatic carbocycles. The van der Waals surface area contributed by atoms with Crippen LogP contribution in [0.4, 0.5) is 5.69 Å². The van der Waals surface area contributed by atoms with Crippen molar-refractivity contribution in [2.45, 2.75) is 56.3 Å². The number of nitrogens with one attached hydrogen (secondary N) is 2. The minimum absolute atomic E-state index is 0.232. The van der Waals surface area contributed by atoms with Crippen LogP contribution in [-0.4, -0.2) is 34.7 Å². The quantitative estimate of drug-likeness (QED) is 0.153. The number of rotatable bonds is 7. The van der Waals surface area contributed by atoms with Gasteiger partial charge in [-0.25, -0.2) is 4.98 Å². The number of hydrogen-bond acceptors (Lipinski definition) is 9. The van der Waals surface area contributed by atoms with Gasteiger partial charge in [0.15, 0.2) is 5.78 Å². The first-order valence-corrected chi connectivity index (χ1v) is 15.3. The van der Waals surface area contributed by atoms with Crippen LogP contribution in [0.3, 0.4) is 0 Å². The molecule has 44 heavy (non-hydrogen) atoms. The van der Waals surface area contributed by atoms with Gasteiger partial charge in [-0.2, -0.15) is 0 Å². The number of carbonyl (C=O) groups excluding carboxylic acids is 3. The molecule has 6 rings (SSSR count). The number of benzene rings is 2. The summed E-state index contributed by atoms with van der Waals surface area (Å²) in [5.41, 5.74) is 21.3. The van der Waals surface area contributed by atoms with Gasteiger partial charge in [0.2, 0.25) is 11.8 Å². The van der Waals surface area contributed by atoms with Gasteiger partial charge in [-0.05, 0) is 66.8 Å². The Morgan fingerprint density at radius 1 is 1.09 bits per heavy atom. The number of hydrogen-bond donors (Lipinski definition) is 5. The maximum atomic E-state index is 14.2. The van der Waals surface area contributed by atoms with Gasteiger partial charge in [0.1, 0.15) is 11.3 Å². The summed E-state index contributed by atoms with van der Waals surface area (Å²) in [6.45, 7) is 5.39. The van der Waals surface area contributed by atoms with Gasteiger partial charge >= 0.3 is 0 Å². The minimum atomic E-state index is -1.59. The number of Topliss-reactive ketones (excluding diaryl/α,β-unsaturated/α-hetero) is 1. The number of anilines is 1. The van der Waals surface area contributed by atoms with Crippen molar-refractivity contribution >= 4 is 44.7 Å². The Kier molecular flexibility index (Phi) is 7.70. The minimum Gasteiger partial charge on any atom is -0.439 e. The maximum absolute atomic E-state index is 14.2. The fourth-order valence-corrected chi connectivity index (χ4v) is 7.65. The topological polar surface area (TPSA) is 175 Å². The third-order valence-corrected chi connectivity index (χ3v) is 9.85. The Hall–Kier alpha value is -4.58. The molecular formula is C33H34N6O4S. The highest BCUT2D eigenvalue weighted by atomic mass is 32.1. The number of nitrogens with zero attached hydrogens (tertiary/aromatic N) is 1. The monoisotopic (exact) mass is 610 g/mol. The van der Waals surface area contributed by atoms with Crippen molar-refractivity contribution in [3.63, 3.8) is 0 Å². The normalized spacial score (nSPS) is 22.8. The van der Waals surface area contributed by atoms with E-state index >= 15 is 0 Å². The zero-order valence-electron chi connectivity index (χ0n) is 24.3. The Morgan fingerprint density at radius 3 is 2.50 bits per heavy atom. The molecule has 2 aromatic heterocycles. The first kappa shape index (κ1) is 29.5. The van der Waals surface area contributed by atoms with Crippen molar-refractivity contribution in [3.05, 3.63) is 94.5 Å². The SMILES string of the molecule is C=CC(=O)N[C@H]1CCCC[C@H]1NC(=O)c1sc2c(N)ccc3c2c1C(N)C(=O)C3(N)c1ccc(Oc2ccccn2)cc1C. The standard InChI is InChI=1S/C33H34N6O4S/c1-3-24(40)38-22-8-4-5-9-23(22)39-32(42)30-27-26-20(13-14-21(34)29(26)44-30)33(36,31(41)28(27)35)19-12-11-18(16-17(19)2)43-25-10-6-7-15-37-25/h3,6-7,10-16,22-23,28H,1,4-5,8-9,34-36H2,2H3,(H,38,40)(H,39,42)/t22-,23+,28?,33?/m0/s1. The summed E-state index contributed by atoms with van der Waals surface area (Å²) in [5.74, 6) is -0.0994. The molecule has 226 valence electrons. The predicted molar refractivity (Wildman–Crippen MR) is 170 cm³/mol. The molecule has 2 heterocycles. The average Bonchev–Trinajstić information content (AvgIpc) is 3.43. The zero-order chi connectivity index (χ0) is 31.2. The molecule has 0 radical (unpaired) electrons. The van der Waals surface area contributed by atoms with Gasteiger partial charge < -0.3 is 32.6 Å². The molecule has 2 aromatic carbocycles. The van der Waals surface area contributed by atoms with Crippen molar-refractivity contribution < 1.29 is 19.1 Å². The molecule has 10 nitrogen and oxygen atoms in total. The molecule has 2 aliphatic rings. The van der Waals surface area contributed by atoms with E-state index in [4.69, 9.17) is 21.9 Å². The molecule has 1 saturated carbocycles. The second-order valence-corrected chi connectivity index (χ2v) is 12.4. The van der Waals surface area contributed by atoms with Crippen LogP contribution in [0.25, 0.3) is 10.1 Å². The summed E-state index contributed by atoms with van der Waals surface area (Å²) < 4.78 is 6.54. The van der Waals surface area contributed by atoms with Gasteiger partial charge in [0.05, 0.1) is 15.6 Å². The van der Waals surface area contributed by atoms with E-state index in [1.165, 1.54) is 17.4 Å². The largest absolute Gasteiger partial charge is 0.439 e. The third-order valence-electron chi connectivity index (χ3n) is 8.60. The first-order chi connectivity index (χ1) is 21.1. The van der Waals surface area contributed by atoms with E-state index in [1.54, 1.807) is 48.7 Å². The number of ether oxygens (including phenoxy) is 1. The molecule has 4 atom stereocenters. The lowest BCUT2D eigenvalue weighted by Gasteiger charge is -2.37. The van der Waals surface area contributed by atoms with Crippen molar-refractivity contribution in [1.29, 1.82) is 0 Å². The highest BCUT2D eigenvalue weighted by Crippen LogP contribution is 2.50. The second-order valence-electron chi connectivity index (χ2n) is 11.3. The van der Waals surface area contributed by atoms with E-state index in [-0.39, 0.29) is 23.9 Å². The fraction of sp³-hybridized carbons (Fsp3) is 0.273. The Labute approximate surface area is 258 Å². The highest BCUT2D eigenvalue weighted by Gasteiger charge is 2.49. The molecule has 0 saturated heterocycles. The van der Waals surface area contributed by atoms with Crippen LogP contribution in [0.15, 0.2) is 67.4 Å². The van der Waals surface area contributed by atoms with E-state index < -0.39 is 17.4 Å². The average molecular weight is 611 g/mol. The first-order valence-electron chi connectivity index (χ1n) is 14.5. The maximum Gasteiger partial charge on any atom is 0.262 e. The molecule has 2 unspecified atom stereocenters. The Balaban J connectivity index is 1.40. The van der Waals surface area contributed by atoms with Gasteiger partial charge in [0, 0.05) is 41.0 Å². The molecule has 8 N–H and O–H groups in total. The Bertz CT molecular complexity index is 1810. The lowest BCUT2D eigenvalue weighted by Crippen LogP contribution is -2.54. The Morgan fingerprint density at radius 2 is 1.82 bits per heavy atom. The molecule has 2 amide bonds. The van der Waals surface area contributed by atoms with Crippen molar-refractivity contribution in [3.8, 4) is 11.6 Å². The van der Waals surface area contributed by atoms with E-state index in [0.29, 0.717) is 55.4 Å². The van der Waals surface area contributed by atoms with Crippen LogP contribution in [0, 0.1) is 6.92 Å². The highest BCUT2D eigenvalue weighted by molar-refractivity contribution is 7.21. The number of aryl methyl sites for hydroxylation is 1. The molecule has 0 aliphatic heterocycles. The fourth-order valence-electron chi connectivity index (χ4n) is 6.45. The predicted octanol–water partition coefficient (Wildman–Crippen LogP) is 4.11. The van der Waals surface area contributed by atoms with E-state index in [9.17, 15) is 14.4 Å². The van der Waals surface area contributed by atoms with Crippen LogP contribution in [-0.2, 0) is 15.1 Å². The number of thiophene rings is 1. The summed E-state index contributed by atoms with van der Waals surface area (Å²) in [5, 5.41) is 6.66. The lowest BCUT2D eigenvalue weighted by atomic mass is 9.69. The molecule has 0 spiro atoms. The zero-order valence-corrected chi connectivity index (χ0v) is 25.1.